The third kappa shape index (κ3) is 7.09. The number of nitrogens with one attached hydrogen (secondary N) is 3. The number of ketones is 1. The number of aromatic nitrogens is 1. The number of benzene rings is 2. The molecule has 2 heterocycles. The van der Waals surface area contributed by atoms with Crippen LogP contribution in [0.1, 0.15) is 59.7 Å². The Balaban J connectivity index is 1.42. The van der Waals surface area contributed by atoms with E-state index >= 15 is 0 Å². The summed E-state index contributed by atoms with van der Waals surface area (Å²) in [4.78, 5) is 36.2. The van der Waals surface area contributed by atoms with Crippen LogP contribution in [0.15, 0.2) is 64.9 Å². The van der Waals surface area contributed by atoms with Crippen molar-refractivity contribution < 1.29 is 33.7 Å². The number of ether oxygens (including phenoxy) is 3. The summed E-state index contributed by atoms with van der Waals surface area (Å²) in [5.41, 5.74) is 8.29. The number of hydrazone groups is 1. The number of aliphatic hydroxyl groups is 1. The first-order chi connectivity index (χ1) is 21.0. The van der Waals surface area contributed by atoms with Gasteiger partial charge in [0.05, 0.1) is 31.5 Å². The highest BCUT2D eigenvalue weighted by molar-refractivity contribution is 5.95. The number of carbonyl (C=O) groups is 3. The number of hydrogen-bond donors (Lipinski definition) is 4. The fraction of sp³-hybridized carbons (Fsp3) is 0.312. The van der Waals surface area contributed by atoms with Crippen molar-refractivity contribution in [2.75, 3.05) is 20.3 Å². The van der Waals surface area contributed by atoms with Gasteiger partial charge in [-0.05, 0) is 82.6 Å². The van der Waals surface area contributed by atoms with E-state index in [9.17, 15) is 19.5 Å². The van der Waals surface area contributed by atoms with E-state index in [1.807, 2.05) is 39.0 Å². The second-order valence-electron chi connectivity index (χ2n) is 10.2. The minimum absolute atomic E-state index is 0.0130. The van der Waals surface area contributed by atoms with Crippen molar-refractivity contribution in [3.63, 3.8) is 0 Å². The van der Waals surface area contributed by atoms with Crippen molar-refractivity contribution in [2.24, 2.45) is 5.10 Å². The first-order valence-electron chi connectivity index (χ1n) is 14.1. The zero-order valence-corrected chi connectivity index (χ0v) is 25.6. The summed E-state index contributed by atoms with van der Waals surface area (Å²) in [5.74, 6) is 0.178. The summed E-state index contributed by atoms with van der Waals surface area (Å²) >= 11 is 0. The van der Waals surface area contributed by atoms with Gasteiger partial charge in [-0.15, -0.1) is 0 Å². The van der Waals surface area contributed by atoms with Crippen LogP contribution in [0.5, 0.6) is 11.5 Å². The van der Waals surface area contributed by atoms with E-state index in [4.69, 9.17) is 14.2 Å². The number of amides is 2. The Labute approximate surface area is 255 Å². The van der Waals surface area contributed by atoms with Crippen molar-refractivity contribution in [3.05, 3.63) is 87.9 Å². The fourth-order valence-corrected chi connectivity index (χ4v) is 4.98. The highest BCUT2D eigenvalue weighted by atomic mass is 16.5. The van der Waals surface area contributed by atoms with E-state index in [2.05, 4.69) is 25.7 Å². The zero-order chi connectivity index (χ0) is 32.0. The Hall–Kier alpha value is -5.10. The van der Waals surface area contributed by atoms with Gasteiger partial charge in [0.1, 0.15) is 6.61 Å². The second-order valence-corrected chi connectivity index (χ2v) is 10.2. The normalized spacial score (nSPS) is 15.4. The highest BCUT2D eigenvalue weighted by Gasteiger charge is 2.32. The van der Waals surface area contributed by atoms with Gasteiger partial charge in [0, 0.05) is 33.9 Å². The van der Waals surface area contributed by atoms with Crippen LogP contribution in [0, 0.1) is 13.8 Å². The van der Waals surface area contributed by atoms with Crippen LogP contribution in [0.4, 0.5) is 4.79 Å². The molecule has 2 amide bonds. The molecule has 12 heteroatoms. The van der Waals surface area contributed by atoms with Crippen LogP contribution >= 0.6 is 0 Å². The predicted octanol–water partition coefficient (Wildman–Crippen LogP) is 3.82. The first kappa shape index (κ1) is 31.8. The first-order valence-corrected chi connectivity index (χ1v) is 14.1. The maximum absolute atomic E-state index is 12.4. The van der Waals surface area contributed by atoms with Crippen LogP contribution < -0.4 is 25.5 Å². The molecule has 1 aliphatic heterocycles. The zero-order valence-electron chi connectivity index (χ0n) is 25.6. The number of methoxy groups -OCH3 is 1. The van der Waals surface area contributed by atoms with Crippen molar-refractivity contribution >= 4 is 24.0 Å². The number of rotatable bonds is 12. The average molecular weight is 604 g/mol. The van der Waals surface area contributed by atoms with Crippen molar-refractivity contribution in [3.8, 4) is 17.2 Å². The van der Waals surface area contributed by atoms with Crippen molar-refractivity contribution in [1.82, 2.24) is 20.6 Å². The number of carbonyl (C=O) groups excluding carboxylic acids is 3. The van der Waals surface area contributed by atoms with E-state index in [-0.39, 0.29) is 18.0 Å². The molecular weight excluding hydrogens is 566 g/mol. The van der Waals surface area contributed by atoms with Crippen LogP contribution in [0.3, 0.4) is 0 Å². The van der Waals surface area contributed by atoms with Gasteiger partial charge in [0.15, 0.2) is 23.5 Å². The van der Waals surface area contributed by atoms with Crippen molar-refractivity contribution in [1.29, 1.82) is 0 Å². The molecule has 2 aromatic carbocycles. The molecule has 0 unspecified atom stereocenters. The number of urea groups is 1. The summed E-state index contributed by atoms with van der Waals surface area (Å²) in [6.07, 6.45) is 0.483. The number of nitrogens with zero attached hydrogens (tertiary/aromatic N) is 2. The van der Waals surface area contributed by atoms with Gasteiger partial charge in [-0.25, -0.2) is 9.59 Å². The third-order valence-electron chi connectivity index (χ3n) is 7.10. The number of aryl methyl sites for hydroxylation is 1. The monoisotopic (exact) mass is 603 g/mol. The van der Waals surface area contributed by atoms with Gasteiger partial charge in [-0.1, -0.05) is 6.07 Å². The molecule has 232 valence electrons. The molecule has 1 aliphatic rings. The minimum Gasteiger partial charge on any atom is -0.490 e. The largest absolute Gasteiger partial charge is 0.490 e. The Bertz CT molecular complexity index is 1610. The van der Waals surface area contributed by atoms with Gasteiger partial charge in [-0.3, -0.25) is 10.2 Å². The molecule has 44 heavy (non-hydrogen) atoms. The van der Waals surface area contributed by atoms with Crippen LogP contribution in [0.2, 0.25) is 0 Å². The Kier molecular flexibility index (Phi) is 10.1. The molecule has 0 saturated carbocycles. The van der Waals surface area contributed by atoms with Gasteiger partial charge in [0.25, 0.3) is 0 Å². The number of hydrogen-bond acceptors (Lipinski definition) is 9. The lowest BCUT2D eigenvalue weighted by Crippen LogP contribution is -2.45. The van der Waals surface area contributed by atoms with E-state index in [0.717, 1.165) is 22.6 Å². The molecule has 4 N–H and O–H groups in total. The van der Waals surface area contributed by atoms with Crippen LogP contribution in [-0.2, 0) is 9.53 Å². The standard InChI is InChI=1S/C32H37N5O7/c1-7-43-27-15-23(30-29(31(40)42-6)19(3)34-32(41)35-30)10-13-26(27)44-17-28(39)36-33-16-24-14-18(2)37(20(24)4)25-11-8-22(9-12-25)21(5)38/h8-16,28,30,36,39H,7,17H2,1-6H3,(H2,34,35,41)/b33-16-/t28-,30+/m1/s1. The molecular formula is C32H37N5O7. The quantitative estimate of drug-likeness (QED) is 0.0802. The summed E-state index contributed by atoms with van der Waals surface area (Å²) < 4.78 is 18.6. The van der Waals surface area contributed by atoms with E-state index < -0.39 is 24.3 Å². The van der Waals surface area contributed by atoms with E-state index in [1.54, 1.807) is 43.5 Å². The van der Waals surface area contributed by atoms with Gasteiger partial charge in [-0.2, -0.15) is 5.10 Å². The summed E-state index contributed by atoms with van der Waals surface area (Å²) in [7, 11) is 1.28. The number of aliphatic hydroxyl groups excluding tert-OH is 1. The highest BCUT2D eigenvalue weighted by Crippen LogP contribution is 2.35. The lowest BCUT2D eigenvalue weighted by molar-refractivity contribution is -0.136. The maximum atomic E-state index is 12.4. The van der Waals surface area contributed by atoms with E-state index in [1.165, 1.54) is 14.0 Å². The molecule has 0 spiro atoms. The van der Waals surface area contributed by atoms with E-state index in [0.29, 0.717) is 34.9 Å². The molecule has 0 radical (unpaired) electrons. The molecule has 0 aliphatic carbocycles. The molecule has 0 bridgehead atoms. The number of esters is 1. The van der Waals surface area contributed by atoms with Crippen LogP contribution in [0.25, 0.3) is 5.69 Å². The maximum Gasteiger partial charge on any atom is 0.337 e. The summed E-state index contributed by atoms with van der Waals surface area (Å²) in [5, 5.41) is 20.0. The molecule has 1 aromatic heterocycles. The molecule has 4 rings (SSSR count). The third-order valence-corrected chi connectivity index (χ3v) is 7.10. The van der Waals surface area contributed by atoms with Gasteiger partial charge < -0.3 is 34.5 Å². The van der Waals surface area contributed by atoms with Gasteiger partial charge in [0.2, 0.25) is 0 Å². The van der Waals surface area contributed by atoms with Crippen LogP contribution in [-0.4, -0.2) is 60.2 Å². The molecule has 3 aromatic rings. The average Bonchev–Trinajstić information content (AvgIpc) is 3.28. The Morgan fingerprint density at radius 3 is 2.48 bits per heavy atom. The minimum atomic E-state index is -1.14. The molecule has 2 atom stereocenters. The Morgan fingerprint density at radius 1 is 1.09 bits per heavy atom. The van der Waals surface area contributed by atoms with Crippen molar-refractivity contribution in [2.45, 2.75) is 46.9 Å². The smallest absolute Gasteiger partial charge is 0.337 e. The summed E-state index contributed by atoms with van der Waals surface area (Å²) in [6, 6.07) is 13.2. The number of Topliss-reactive ketones (excluding diaryl/α,β-unsaturated/α-hetero) is 1. The SMILES string of the molecule is CCOc1cc([C@@H]2NC(=O)NC(C)=C2C(=O)OC)ccc1OC[C@@H](O)N/N=C\c1cc(C)n(-c2ccc(C(C)=O)cc2)c1C. The Morgan fingerprint density at radius 2 is 1.82 bits per heavy atom. The van der Waals surface area contributed by atoms with Gasteiger partial charge >= 0.3 is 12.0 Å². The predicted molar refractivity (Wildman–Crippen MR) is 164 cm³/mol. The topological polar surface area (TPSA) is 153 Å². The fourth-order valence-electron chi connectivity index (χ4n) is 4.98. The number of allylic oxidation sites excluding steroid dienone is 1. The summed E-state index contributed by atoms with van der Waals surface area (Å²) in [6.45, 7) is 9.12. The molecule has 12 nitrogen and oxygen atoms in total. The molecule has 0 fully saturated rings. The lowest BCUT2D eigenvalue weighted by atomic mass is 9.95. The second kappa shape index (κ2) is 13.9. The molecule has 0 saturated heterocycles. The lowest BCUT2D eigenvalue weighted by Gasteiger charge is -2.28.